The van der Waals surface area contributed by atoms with Crippen LogP contribution in [0.4, 0.5) is 0 Å². The third-order valence-electron chi connectivity index (χ3n) is 4.82. The smallest absolute Gasteiger partial charge is 0.240 e. The summed E-state index contributed by atoms with van der Waals surface area (Å²) in [6.07, 6.45) is 2.34. The summed E-state index contributed by atoms with van der Waals surface area (Å²) in [6.45, 7) is 10.3. The van der Waals surface area contributed by atoms with Gasteiger partial charge in [-0.1, -0.05) is 19.1 Å². The molecule has 1 N–H and O–H groups in total. The van der Waals surface area contributed by atoms with Crippen molar-refractivity contribution in [2.24, 2.45) is 0 Å². The van der Waals surface area contributed by atoms with Crippen LogP contribution in [0.5, 0.6) is 0 Å². The summed E-state index contributed by atoms with van der Waals surface area (Å²) >= 11 is 0. The van der Waals surface area contributed by atoms with Gasteiger partial charge in [0.05, 0.1) is 23.2 Å². The molecule has 6 heteroatoms. The lowest BCUT2D eigenvalue weighted by atomic mass is 10.2. The van der Waals surface area contributed by atoms with E-state index in [1.165, 1.54) is 0 Å². The Kier molecular flexibility index (Phi) is 6.27. The van der Waals surface area contributed by atoms with E-state index in [9.17, 15) is 4.79 Å². The van der Waals surface area contributed by atoms with Crippen molar-refractivity contribution in [2.75, 3.05) is 26.2 Å². The number of benzene rings is 1. The van der Waals surface area contributed by atoms with Crippen LogP contribution in [0.3, 0.4) is 0 Å². The number of nitrogens with one attached hydrogen (secondary N) is 1. The molecule has 2 aromatic rings. The maximum Gasteiger partial charge on any atom is 0.240 e. The Hall–Kier alpha value is -1.92. The van der Waals surface area contributed by atoms with Crippen LogP contribution in [0.15, 0.2) is 24.3 Å². The van der Waals surface area contributed by atoms with Gasteiger partial charge < -0.3 is 14.6 Å². The van der Waals surface area contributed by atoms with E-state index < -0.39 is 0 Å². The molecule has 0 saturated carbocycles. The van der Waals surface area contributed by atoms with Crippen LogP contribution in [0, 0.1) is 0 Å². The van der Waals surface area contributed by atoms with Crippen molar-refractivity contribution in [1.82, 2.24) is 19.8 Å². The quantitative estimate of drug-likeness (QED) is 0.771. The lowest BCUT2D eigenvalue weighted by Gasteiger charge is -2.35. The van der Waals surface area contributed by atoms with Crippen LogP contribution in [-0.4, -0.2) is 58.7 Å². The van der Waals surface area contributed by atoms with Gasteiger partial charge >= 0.3 is 0 Å². The summed E-state index contributed by atoms with van der Waals surface area (Å²) in [6, 6.07) is 7.98. The fraction of sp³-hybridized carbons (Fsp3) is 0.600. The minimum Gasteiger partial charge on any atom is -0.373 e. The standard InChI is InChI=1S/C20H30N4O2/c1-4-19-22-17-8-5-6-9-18(17)24(19)14-20(25)21-10-7-11-23-12-15(2)26-16(3)13-23/h5-6,8-9,15-16H,4,7,10-14H2,1-3H3,(H,21,25). The summed E-state index contributed by atoms with van der Waals surface area (Å²) < 4.78 is 7.78. The third kappa shape index (κ3) is 4.62. The predicted octanol–water partition coefficient (Wildman–Crippen LogP) is 2.21. The highest BCUT2D eigenvalue weighted by Gasteiger charge is 2.21. The summed E-state index contributed by atoms with van der Waals surface area (Å²) in [5.41, 5.74) is 1.98. The predicted molar refractivity (Wildman–Crippen MR) is 103 cm³/mol. The second-order valence-corrected chi connectivity index (χ2v) is 7.18. The van der Waals surface area contributed by atoms with Gasteiger partial charge in [-0.2, -0.15) is 0 Å². The Labute approximate surface area is 155 Å². The monoisotopic (exact) mass is 358 g/mol. The molecule has 1 amide bonds. The Morgan fingerprint density at radius 1 is 1.27 bits per heavy atom. The van der Waals surface area contributed by atoms with Crippen molar-refractivity contribution in [2.45, 2.75) is 52.4 Å². The van der Waals surface area contributed by atoms with Gasteiger partial charge in [0.2, 0.25) is 5.91 Å². The minimum absolute atomic E-state index is 0.0477. The van der Waals surface area contributed by atoms with E-state index in [0.717, 1.165) is 49.3 Å². The molecule has 1 aliphatic rings. The molecule has 1 aromatic carbocycles. The first-order valence-electron chi connectivity index (χ1n) is 9.65. The van der Waals surface area contributed by atoms with E-state index in [1.54, 1.807) is 0 Å². The number of para-hydroxylation sites is 2. The molecule has 1 aliphatic heterocycles. The van der Waals surface area contributed by atoms with Crippen LogP contribution in [0.25, 0.3) is 11.0 Å². The molecule has 6 nitrogen and oxygen atoms in total. The van der Waals surface area contributed by atoms with Crippen LogP contribution in [0.2, 0.25) is 0 Å². The van der Waals surface area contributed by atoms with Crippen molar-refractivity contribution in [3.63, 3.8) is 0 Å². The zero-order chi connectivity index (χ0) is 18.5. The van der Waals surface area contributed by atoms with Crippen LogP contribution >= 0.6 is 0 Å². The average molecular weight is 358 g/mol. The van der Waals surface area contributed by atoms with Crippen LogP contribution in [-0.2, 0) is 22.5 Å². The zero-order valence-electron chi connectivity index (χ0n) is 16.1. The number of fused-ring (bicyclic) bond motifs is 1. The number of amides is 1. The molecule has 0 bridgehead atoms. The molecule has 2 heterocycles. The van der Waals surface area contributed by atoms with Gasteiger partial charge in [0, 0.05) is 32.6 Å². The molecule has 3 rings (SSSR count). The van der Waals surface area contributed by atoms with Gasteiger partial charge in [0.1, 0.15) is 12.4 Å². The topological polar surface area (TPSA) is 59.4 Å². The van der Waals surface area contributed by atoms with E-state index in [4.69, 9.17) is 4.74 Å². The number of ether oxygens (including phenoxy) is 1. The Morgan fingerprint density at radius 3 is 2.73 bits per heavy atom. The summed E-state index contributed by atoms with van der Waals surface area (Å²) in [7, 11) is 0. The Balaban J connectivity index is 1.47. The Morgan fingerprint density at radius 2 is 2.00 bits per heavy atom. The first kappa shape index (κ1) is 18.9. The number of carbonyl (C=O) groups excluding carboxylic acids is 1. The van der Waals surface area contributed by atoms with Crippen molar-refractivity contribution in [3.8, 4) is 0 Å². The lowest BCUT2D eigenvalue weighted by molar-refractivity contribution is -0.121. The molecule has 2 unspecified atom stereocenters. The number of imidazole rings is 1. The summed E-state index contributed by atoms with van der Waals surface area (Å²) in [5.74, 6) is 1.00. The van der Waals surface area contributed by atoms with E-state index in [2.05, 4.69) is 36.0 Å². The largest absolute Gasteiger partial charge is 0.373 e. The normalized spacial score (nSPS) is 21.2. The summed E-state index contributed by atoms with van der Waals surface area (Å²) in [4.78, 5) is 19.4. The van der Waals surface area contributed by atoms with Gasteiger partial charge in [-0.15, -0.1) is 0 Å². The van der Waals surface area contributed by atoms with Crippen molar-refractivity contribution < 1.29 is 9.53 Å². The van der Waals surface area contributed by atoms with Crippen molar-refractivity contribution in [1.29, 1.82) is 0 Å². The SMILES string of the molecule is CCc1nc2ccccc2n1CC(=O)NCCCN1CC(C)OC(C)C1. The lowest BCUT2D eigenvalue weighted by Crippen LogP contribution is -2.46. The first-order valence-corrected chi connectivity index (χ1v) is 9.65. The number of carbonyl (C=O) groups is 1. The number of rotatable bonds is 7. The van der Waals surface area contributed by atoms with Crippen LogP contribution in [0.1, 0.15) is 33.0 Å². The molecule has 1 fully saturated rings. The maximum atomic E-state index is 12.4. The van der Waals surface area contributed by atoms with E-state index >= 15 is 0 Å². The fourth-order valence-electron chi connectivity index (χ4n) is 3.77. The molecule has 0 spiro atoms. The average Bonchev–Trinajstić information content (AvgIpc) is 2.96. The molecule has 1 aromatic heterocycles. The molecule has 0 radical (unpaired) electrons. The molecular formula is C20H30N4O2. The van der Waals surface area contributed by atoms with Gasteiger partial charge in [0.25, 0.3) is 0 Å². The number of aromatic nitrogens is 2. The Bertz CT molecular complexity index is 732. The second-order valence-electron chi connectivity index (χ2n) is 7.18. The highest BCUT2D eigenvalue weighted by atomic mass is 16.5. The number of aryl methyl sites for hydroxylation is 1. The minimum atomic E-state index is 0.0477. The molecule has 2 atom stereocenters. The molecular weight excluding hydrogens is 328 g/mol. The van der Waals surface area contributed by atoms with Gasteiger partial charge in [-0.05, 0) is 32.4 Å². The van der Waals surface area contributed by atoms with Crippen molar-refractivity contribution in [3.05, 3.63) is 30.1 Å². The molecule has 142 valence electrons. The fourth-order valence-corrected chi connectivity index (χ4v) is 3.77. The van der Waals surface area contributed by atoms with Gasteiger partial charge in [-0.25, -0.2) is 4.98 Å². The maximum absolute atomic E-state index is 12.4. The molecule has 1 saturated heterocycles. The van der Waals surface area contributed by atoms with Crippen molar-refractivity contribution >= 4 is 16.9 Å². The molecule has 0 aliphatic carbocycles. The second kappa shape index (κ2) is 8.64. The number of morpholine rings is 1. The molecule has 26 heavy (non-hydrogen) atoms. The van der Waals surface area contributed by atoms with E-state index in [1.807, 2.05) is 28.8 Å². The number of hydrogen-bond acceptors (Lipinski definition) is 4. The van der Waals surface area contributed by atoms with E-state index in [-0.39, 0.29) is 18.1 Å². The van der Waals surface area contributed by atoms with Crippen LogP contribution < -0.4 is 5.32 Å². The highest BCUT2D eigenvalue weighted by Crippen LogP contribution is 2.16. The highest BCUT2D eigenvalue weighted by molar-refractivity contribution is 5.81. The number of hydrogen-bond donors (Lipinski definition) is 1. The third-order valence-corrected chi connectivity index (χ3v) is 4.82. The van der Waals surface area contributed by atoms with Gasteiger partial charge in [0.15, 0.2) is 0 Å². The zero-order valence-corrected chi connectivity index (χ0v) is 16.1. The van der Waals surface area contributed by atoms with Gasteiger partial charge in [-0.3, -0.25) is 9.69 Å². The summed E-state index contributed by atoms with van der Waals surface area (Å²) in [5, 5.41) is 3.05. The first-order chi connectivity index (χ1) is 12.6. The van der Waals surface area contributed by atoms with E-state index in [0.29, 0.717) is 13.1 Å². The number of nitrogens with zero attached hydrogens (tertiary/aromatic N) is 3.